The average Bonchev–Trinajstić information content (AvgIpc) is 2.88. The van der Waals surface area contributed by atoms with Crippen molar-refractivity contribution < 1.29 is 13.2 Å². The van der Waals surface area contributed by atoms with Crippen LogP contribution in [-0.2, 0) is 16.6 Å². The topological polar surface area (TPSA) is 49.9 Å². The molecule has 2 atom stereocenters. The van der Waals surface area contributed by atoms with Gasteiger partial charge in [-0.25, -0.2) is 8.42 Å². The van der Waals surface area contributed by atoms with Gasteiger partial charge in [-0.15, -0.1) is 12.4 Å². The maximum absolute atomic E-state index is 13.7. The molecule has 1 heterocycles. The van der Waals surface area contributed by atoms with Gasteiger partial charge >= 0.3 is 0 Å². The summed E-state index contributed by atoms with van der Waals surface area (Å²) in [5.74, 6) is 0.712. The van der Waals surface area contributed by atoms with E-state index >= 15 is 0 Å². The molecule has 0 aliphatic carbocycles. The molecule has 1 aliphatic heterocycles. The third kappa shape index (κ3) is 7.41. The summed E-state index contributed by atoms with van der Waals surface area (Å²) >= 11 is 6.01. The third-order valence-corrected chi connectivity index (χ3v) is 8.97. The highest BCUT2D eigenvalue weighted by Gasteiger charge is 2.27. The number of benzene rings is 3. The van der Waals surface area contributed by atoms with Crippen LogP contribution in [-0.4, -0.2) is 38.6 Å². The van der Waals surface area contributed by atoms with E-state index in [4.69, 9.17) is 16.3 Å². The van der Waals surface area contributed by atoms with E-state index in [1.54, 1.807) is 36.4 Å². The second-order valence-electron chi connectivity index (χ2n) is 9.48. The Morgan fingerprint density at radius 1 is 0.919 bits per heavy atom. The molecule has 1 saturated heterocycles. The van der Waals surface area contributed by atoms with Gasteiger partial charge in [0, 0.05) is 29.2 Å². The average molecular weight is 564 g/mol. The molecule has 0 N–H and O–H groups in total. The van der Waals surface area contributed by atoms with Crippen molar-refractivity contribution in [3.05, 3.63) is 89.4 Å². The van der Waals surface area contributed by atoms with Gasteiger partial charge in [0.05, 0.1) is 23.7 Å². The lowest BCUT2D eigenvalue weighted by atomic mass is 9.97. The van der Waals surface area contributed by atoms with Crippen LogP contribution < -0.4 is 9.04 Å². The number of piperidine rings is 1. The summed E-state index contributed by atoms with van der Waals surface area (Å²) in [5.41, 5.74) is 1.41. The van der Waals surface area contributed by atoms with E-state index in [1.807, 2.05) is 42.5 Å². The number of para-hydroxylation sites is 2. The summed E-state index contributed by atoms with van der Waals surface area (Å²) < 4.78 is 35.0. The van der Waals surface area contributed by atoms with Crippen LogP contribution in [0.2, 0.25) is 5.02 Å². The Morgan fingerprint density at radius 3 is 2.22 bits per heavy atom. The summed E-state index contributed by atoms with van der Waals surface area (Å²) in [6.07, 6.45) is 4.74. The molecule has 0 unspecified atom stereocenters. The Labute approximate surface area is 232 Å². The fraction of sp³-hybridized carbons (Fsp3) is 0.379. The van der Waals surface area contributed by atoms with Crippen molar-refractivity contribution in [2.24, 2.45) is 0 Å². The number of sulfonamides is 1. The molecular weight excluding hydrogens is 527 g/mol. The fourth-order valence-electron chi connectivity index (χ4n) is 4.92. The van der Waals surface area contributed by atoms with E-state index < -0.39 is 10.0 Å². The zero-order valence-electron chi connectivity index (χ0n) is 21.4. The van der Waals surface area contributed by atoms with Crippen LogP contribution in [0.4, 0.5) is 5.69 Å². The first-order valence-electron chi connectivity index (χ1n) is 12.7. The molecule has 4 rings (SSSR count). The van der Waals surface area contributed by atoms with Crippen molar-refractivity contribution in [1.29, 1.82) is 0 Å². The number of halogens is 2. The van der Waals surface area contributed by atoms with E-state index in [0.717, 1.165) is 18.5 Å². The summed E-state index contributed by atoms with van der Waals surface area (Å²) in [6, 6.07) is 24.3. The van der Waals surface area contributed by atoms with Crippen LogP contribution in [0.15, 0.2) is 83.8 Å². The molecular formula is C29H36Cl2N2O3S. The Morgan fingerprint density at radius 2 is 1.54 bits per heavy atom. The lowest BCUT2D eigenvalue weighted by Crippen LogP contribution is -2.44. The fourth-order valence-corrected chi connectivity index (χ4v) is 6.49. The molecule has 0 spiro atoms. The Hall–Kier alpha value is -2.25. The van der Waals surface area contributed by atoms with E-state index in [2.05, 4.69) is 18.7 Å². The maximum Gasteiger partial charge on any atom is 0.264 e. The number of likely N-dealkylation sites (tertiary alicyclic amines) is 1. The van der Waals surface area contributed by atoms with E-state index in [1.165, 1.54) is 23.6 Å². The number of nitrogens with zero attached hydrogens (tertiary/aromatic N) is 2. The Kier molecular flexibility index (Phi) is 10.7. The largest absolute Gasteiger partial charge is 0.493 e. The first kappa shape index (κ1) is 29.3. The van der Waals surface area contributed by atoms with Gasteiger partial charge in [-0.2, -0.15) is 0 Å². The molecule has 0 radical (unpaired) electrons. The van der Waals surface area contributed by atoms with Crippen molar-refractivity contribution >= 4 is 39.7 Å². The van der Waals surface area contributed by atoms with Gasteiger partial charge in [-0.1, -0.05) is 54.4 Å². The van der Waals surface area contributed by atoms with Crippen molar-refractivity contribution in [2.45, 2.75) is 63.1 Å². The highest BCUT2D eigenvalue weighted by Crippen LogP contribution is 2.30. The summed E-state index contributed by atoms with van der Waals surface area (Å²) in [6.45, 7) is 6.37. The zero-order chi connectivity index (χ0) is 25.5. The van der Waals surface area contributed by atoms with Crippen molar-refractivity contribution in [2.75, 3.05) is 17.5 Å². The molecule has 200 valence electrons. The van der Waals surface area contributed by atoms with Crippen molar-refractivity contribution in [1.82, 2.24) is 4.90 Å². The standard InChI is InChI=1S/C29H35ClN2O3S.ClH/c1-23-10-8-11-24(2)31(23)20-9-21-35-29-15-7-6-12-25(29)22-32(27-13-4-3-5-14-27)36(33,34)28-18-16-26(30)17-19-28;/h3-7,12-19,23-24H,8-11,20-22H2,1-2H3;1H/t23-,24+;. The molecule has 3 aromatic carbocycles. The molecule has 1 fully saturated rings. The Balaban J connectivity index is 0.00000380. The second-order valence-corrected chi connectivity index (χ2v) is 11.8. The number of ether oxygens (including phenoxy) is 1. The summed E-state index contributed by atoms with van der Waals surface area (Å²) in [5, 5.41) is 0.493. The molecule has 3 aromatic rings. The smallest absolute Gasteiger partial charge is 0.264 e. The first-order chi connectivity index (χ1) is 17.4. The van der Waals surface area contributed by atoms with E-state index in [0.29, 0.717) is 35.2 Å². The number of rotatable bonds is 10. The molecule has 37 heavy (non-hydrogen) atoms. The van der Waals surface area contributed by atoms with Gasteiger partial charge in [0.1, 0.15) is 5.75 Å². The highest BCUT2D eigenvalue weighted by atomic mass is 35.5. The van der Waals surface area contributed by atoms with Gasteiger partial charge in [-0.3, -0.25) is 9.21 Å². The monoisotopic (exact) mass is 562 g/mol. The molecule has 1 aliphatic rings. The van der Waals surface area contributed by atoms with Crippen LogP contribution >= 0.6 is 24.0 Å². The van der Waals surface area contributed by atoms with E-state index in [-0.39, 0.29) is 23.8 Å². The number of hydrogen-bond acceptors (Lipinski definition) is 4. The van der Waals surface area contributed by atoms with Crippen LogP contribution in [0.5, 0.6) is 5.75 Å². The van der Waals surface area contributed by atoms with Crippen LogP contribution in [0.25, 0.3) is 0 Å². The molecule has 0 aromatic heterocycles. The molecule has 5 nitrogen and oxygen atoms in total. The predicted molar refractivity (Wildman–Crippen MR) is 155 cm³/mol. The van der Waals surface area contributed by atoms with Crippen LogP contribution in [0.3, 0.4) is 0 Å². The van der Waals surface area contributed by atoms with Crippen molar-refractivity contribution in [3.8, 4) is 5.75 Å². The zero-order valence-corrected chi connectivity index (χ0v) is 23.8. The lowest BCUT2D eigenvalue weighted by molar-refractivity contribution is 0.0960. The van der Waals surface area contributed by atoms with E-state index in [9.17, 15) is 8.42 Å². The molecule has 0 saturated carbocycles. The molecule has 0 amide bonds. The van der Waals surface area contributed by atoms with Gasteiger partial charge in [-0.05, 0) is 75.6 Å². The predicted octanol–water partition coefficient (Wildman–Crippen LogP) is 7.19. The summed E-state index contributed by atoms with van der Waals surface area (Å²) in [7, 11) is -3.83. The maximum atomic E-state index is 13.7. The van der Waals surface area contributed by atoms with Gasteiger partial charge in [0.2, 0.25) is 0 Å². The van der Waals surface area contributed by atoms with Gasteiger partial charge < -0.3 is 4.74 Å². The normalized spacial score (nSPS) is 18.1. The third-order valence-electron chi connectivity index (χ3n) is 6.93. The Bertz CT molecular complexity index is 1210. The minimum Gasteiger partial charge on any atom is -0.493 e. The SMILES string of the molecule is C[C@@H]1CCC[C@H](C)N1CCCOc1ccccc1CN(c1ccccc1)S(=O)(=O)c1ccc(Cl)cc1.Cl. The quantitative estimate of drug-likeness (QED) is 0.245. The lowest BCUT2D eigenvalue weighted by Gasteiger charge is -2.39. The van der Waals surface area contributed by atoms with Gasteiger partial charge in [0.25, 0.3) is 10.0 Å². The van der Waals surface area contributed by atoms with Crippen LogP contribution in [0, 0.1) is 0 Å². The van der Waals surface area contributed by atoms with Gasteiger partial charge in [0.15, 0.2) is 0 Å². The molecule has 8 heteroatoms. The number of hydrogen-bond donors (Lipinski definition) is 0. The first-order valence-corrected chi connectivity index (χ1v) is 14.5. The minimum absolute atomic E-state index is 0. The number of anilines is 1. The molecule has 0 bridgehead atoms. The van der Waals surface area contributed by atoms with Crippen LogP contribution in [0.1, 0.15) is 45.1 Å². The summed E-state index contributed by atoms with van der Waals surface area (Å²) in [4.78, 5) is 2.77. The minimum atomic E-state index is -3.83. The van der Waals surface area contributed by atoms with Crippen molar-refractivity contribution in [3.63, 3.8) is 0 Å². The highest BCUT2D eigenvalue weighted by molar-refractivity contribution is 7.92. The second kappa shape index (κ2) is 13.5.